The molecule has 0 bridgehead atoms. The summed E-state index contributed by atoms with van der Waals surface area (Å²) in [5.41, 5.74) is 3.62. The molecular weight excluding hydrogens is 515 g/mol. The van der Waals surface area contributed by atoms with E-state index in [9.17, 15) is 0 Å². The summed E-state index contributed by atoms with van der Waals surface area (Å²) in [7, 11) is 0. The van der Waals surface area contributed by atoms with Crippen LogP contribution in [0.5, 0.6) is 0 Å². The first-order chi connectivity index (χ1) is 15.1. The van der Waals surface area contributed by atoms with Gasteiger partial charge in [-0.15, -0.1) is 24.0 Å². The average Bonchev–Trinajstić information content (AvgIpc) is 3.27. The number of halogens is 1. The number of aromatic nitrogens is 1. The Kier molecular flexibility index (Phi) is 11.5. The normalized spacial score (nSPS) is 15.6. The van der Waals surface area contributed by atoms with E-state index in [-0.39, 0.29) is 24.0 Å². The SMILES string of the molecule is CCNC(=NCc1ccccc1CN1CCN(CC)CC1)NCc1cc(C(C)C)no1.I. The van der Waals surface area contributed by atoms with Gasteiger partial charge in [-0.1, -0.05) is 50.2 Å². The maximum absolute atomic E-state index is 5.43. The van der Waals surface area contributed by atoms with Gasteiger partial charge in [0.05, 0.1) is 18.8 Å². The van der Waals surface area contributed by atoms with Crippen molar-refractivity contribution in [2.45, 2.75) is 53.2 Å². The highest BCUT2D eigenvalue weighted by Crippen LogP contribution is 2.15. The minimum absolute atomic E-state index is 0. The van der Waals surface area contributed by atoms with Gasteiger partial charge < -0.3 is 20.1 Å². The Bertz CT molecular complexity index is 829. The van der Waals surface area contributed by atoms with Crippen molar-refractivity contribution in [2.75, 3.05) is 39.3 Å². The summed E-state index contributed by atoms with van der Waals surface area (Å²) in [6.45, 7) is 17.3. The Morgan fingerprint density at radius 1 is 1.06 bits per heavy atom. The van der Waals surface area contributed by atoms with Crippen molar-refractivity contribution in [3.8, 4) is 0 Å². The molecule has 8 heteroatoms. The van der Waals surface area contributed by atoms with E-state index in [0.29, 0.717) is 19.0 Å². The third kappa shape index (κ3) is 8.04. The molecule has 3 rings (SSSR count). The minimum atomic E-state index is 0. The number of benzene rings is 1. The average molecular weight is 555 g/mol. The molecular formula is C24H39IN6O. The molecule has 0 radical (unpaired) electrons. The molecule has 0 aliphatic carbocycles. The number of hydrogen-bond acceptors (Lipinski definition) is 5. The van der Waals surface area contributed by atoms with Crippen molar-refractivity contribution in [1.82, 2.24) is 25.6 Å². The van der Waals surface area contributed by atoms with Gasteiger partial charge in [-0.2, -0.15) is 0 Å². The van der Waals surface area contributed by atoms with Crippen molar-refractivity contribution >= 4 is 29.9 Å². The molecule has 0 saturated carbocycles. The van der Waals surface area contributed by atoms with E-state index in [4.69, 9.17) is 9.52 Å². The smallest absolute Gasteiger partial charge is 0.191 e. The quantitative estimate of drug-likeness (QED) is 0.279. The Morgan fingerprint density at radius 3 is 2.38 bits per heavy atom. The molecule has 1 aliphatic heterocycles. The first-order valence-electron chi connectivity index (χ1n) is 11.6. The van der Waals surface area contributed by atoms with Crippen LogP contribution in [0.3, 0.4) is 0 Å². The number of nitrogens with one attached hydrogen (secondary N) is 2. The van der Waals surface area contributed by atoms with E-state index in [1.54, 1.807) is 0 Å². The van der Waals surface area contributed by atoms with E-state index in [1.807, 2.05) is 6.07 Å². The molecule has 1 fully saturated rings. The summed E-state index contributed by atoms with van der Waals surface area (Å²) in [6, 6.07) is 10.7. The maximum Gasteiger partial charge on any atom is 0.191 e. The standard InChI is InChI=1S/C24H38N6O.HI/c1-5-25-24(27-17-22-15-23(19(3)4)28-31-22)26-16-20-9-7-8-10-21(20)18-30-13-11-29(6-2)12-14-30;/h7-10,15,19H,5-6,11-14,16-18H2,1-4H3,(H2,25,26,27);1H. The zero-order valence-corrected chi connectivity index (χ0v) is 22.3. The highest BCUT2D eigenvalue weighted by Gasteiger charge is 2.16. The summed E-state index contributed by atoms with van der Waals surface area (Å²) in [4.78, 5) is 9.89. The molecule has 1 saturated heterocycles. The Balaban J connectivity index is 0.00000363. The van der Waals surface area contributed by atoms with Gasteiger partial charge in [0.15, 0.2) is 11.7 Å². The summed E-state index contributed by atoms with van der Waals surface area (Å²) in [6.07, 6.45) is 0. The second-order valence-electron chi connectivity index (χ2n) is 8.40. The zero-order valence-electron chi connectivity index (χ0n) is 19.9. The number of rotatable bonds is 9. The van der Waals surface area contributed by atoms with Gasteiger partial charge in [0.1, 0.15) is 0 Å². The van der Waals surface area contributed by atoms with Gasteiger partial charge in [-0.05, 0) is 30.5 Å². The van der Waals surface area contributed by atoms with Crippen molar-refractivity contribution in [3.05, 3.63) is 52.9 Å². The number of likely N-dealkylation sites (N-methyl/N-ethyl adjacent to an activating group) is 1. The van der Waals surface area contributed by atoms with Crippen LogP contribution in [0.2, 0.25) is 0 Å². The minimum Gasteiger partial charge on any atom is -0.359 e. The lowest BCUT2D eigenvalue weighted by Crippen LogP contribution is -2.45. The van der Waals surface area contributed by atoms with E-state index in [1.165, 1.54) is 11.1 Å². The third-order valence-corrected chi connectivity index (χ3v) is 5.77. The maximum atomic E-state index is 5.43. The Morgan fingerprint density at radius 2 is 1.75 bits per heavy atom. The van der Waals surface area contributed by atoms with E-state index in [2.05, 4.69) is 77.6 Å². The van der Waals surface area contributed by atoms with Gasteiger partial charge in [0.25, 0.3) is 0 Å². The fraction of sp³-hybridized carbons (Fsp3) is 0.583. The monoisotopic (exact) mass is 554 g/mol. The predicted molar refractivity (Wildman–Crippen MR) is 141 cm³/mol. The van der Waals surface area contributed by atoms with Gasteiger partial charge in [-0.25, -0.2) is 4.99 Å². The van der Waals surface area contributed by atoms with Crippen LogP contribution >= 0.6 is 24.0 Å². The number of hydrogen-bond donors (Lipinski definition) is 2. The summed E-state index contributed by atoms with van der Waals surface area (Å²) >= 11 is 0. The van der Waals surface area contributed by atoms with Crippen molar-refractivity contribution in [2.24, 2.45) is 4.99 Å². The molecule has 2 N–H and O–H groups in total. The topological polar surface area (TPSA) is 68.9 Å². The van der Waals surface area contributed by atoms with E-state index in [0.717, 1.165) is 63.2 Å². The lowest BCUT2D eigenvalue weighted by Gasteiger charge is -2.34. The highest BCUT2D eigenvalue weighted by molar-refractivity contribution is 14.0. The van der Waals surface area contributed by atoms with Gasteiger partial charge in [0, 0.05) is 45.3 Å². The molecule has 0 unspecified atom stereocenters. The predicted octanol–water partition coefficient (Wildman–Crippen LogP) is 3.81. The summed E-state index contributed by atoms with van der Waals surface area (Å²) in [5, 5.41) is 10.8. The van der Waals surface area contributed by atoms with Crippen LogP contribution in [-0.2, 0) is 19.6 Å². The molecule has 1 aromatic carbocycles. The largest absolute Gasteiger partial charge is 0.359 e. The van der Waals surface area contributed by atoms with Crippen LogP contribution in [-0.4, -0.2) is 60.2 Å². The number of piperazine rings is 1. The van der Waals surface area contributed by atoms with Crippen LogP contribution in [0.4, 0.5) is 0 Å². The van der Waals surface area contributed by atoms with Crippen LogP contribution in [0.15, 0.2) is 39.8 Å². The first-order valence-corrected chi connectivity index (χ1v) is 11.6. The molecule has 32 heavy (non-hydrogen) atoms. The van der Waals surface area contributed by atoms with Crippen LogP contribution in [0.1, 0.15) is 56.2 Å². The third-order valence-electron chi connectivity index (χ3n) is 5.77. The lowest BCUT2D eigenvalue weighted by atomic mass is 10.1. The van der Waals surface area contributed by atoms with Crippen molar-refractivity contribution in [1.29, 1.82) is 0 Å². The van der Waals surface area contributed by atoms with E-state index < -0.39 is 0 Å². The molecule has 2 heterocycles. The molecule has 1 aliphatic rings. The second-order valence-corrected chi connectivity index (χ2v) is 8.40. The second kappa shape index (κ2) is 13.8. The van der Waals surface area contributed by atoms with E-state index >= 15 is 0 Å². The molecule has 1 aromatic heterocycles. The zero-order chi connectivity index (χ0) is 22.1. The molecule has 0 spiro atoms. The number of aliphatic imine (C=N–C) groups is 1. The molecule has 0 atom stereocenters. The van der Waals surface area contributed by atoms with Crippen molar-refractivity contribution < 1.29 is 4.52 Å². The molecule has 7 nitrogen and oxygen atoms in total. The van der Waals surface area contributed by atoms with Crippen LogP contribution in [0, 0.1) is 0 Å². The summed E-state index contributed by atoms with van der Waals surface area (Å²) < 4.78 is 5.43. The highest BCUT2D eigenvalue weighted by atomic mass is 127. The molecule has 178 valence electrons. The van der Waals surface area contributed by atoms with Crippen LogP contribution in [0.25, 0.3) is 0 Å². The summed E-state index contributed by atoms with van der Waals surface area (Å²) in [5.74, 6) is 1.97. The Hall–Kier alpha value is -1.65. The van der Waals surface area contributed by atoms with Gasteiger partial charge >= 0.3 is 0 Å². The number of nitrogens with zero attached hydrogens (tertiary/aromatic N) is 4. The fourth-order valence-corrected chi connectivity index (χ4v) is 3.73. The van der Waals surface area contributed by atoms with Gasteiger partial charge in [-0.3, -0.25) is 4.90 Å². The fourth-order valence-electron chi connectivity index (χ4n) is 3.73. The molecule has 0 amide bonds. The molecule has 2 aromatic rings. The van der Waals surface area contributed by atoms with Crippen LogP contribution < -0.4 is 10.6 Å². The van der Waals surface area contributed by atoms with Gasteiger partial charge in [0.2, 0.25) is 0 Å². The number of guanidine groups is 1. The Labute approximate surface area is 210 Å². The van der Waals surface area contributed by atoms with Crippen molar-refractivity contribution in [3.63, 3.8) is 0 Å². The lowest BCUT2D eigenvalue weighted by molar-refractivity contribution is 0.131. The first kappa shape index (κ1) is 26.6.